The van der Waals surface area contributed by atoms with Crippen LogP contribution in [-0.4, -0.2) is 37.5 Å². The van der Waals surface area contributed by atoms with Crippen LogP contribution in [0.15, 0.2) is 48.5 Å². The van der Waals surface area contributed by atoms with Gasteiger partial charge >= 0.3 is 5.97 Å². The molecule has 0 N–H and O–H groups in total. The van der Waals surface area contributed by atoms with Crippen molar-refractivity contribution in [2.75, 3.05) is 25.7 Å². The van der Waals surface area contributed by atoms with E-state index in [0.29, 0.717) is 35.1 Å². The number of hydrogen-bond donors (Lipinski definition) is 0. The van der Waals surface area contributed by atoms with Crippen molar-refractivity contribution in [1.82, 2.24) is 0 Å². The fraction of sp³-hybridized carbons (Fsp3) is 0.300. The number of halogens is 1. The molecule has 0 bridgehead atoms. The largest absolute Gasteiger partial charge is 0.494 e. The smallest absolute Gasteiger partial charge is 0.302 e. The second kappa shape index (κ2) is 10.5. The van der Waals surface area contributed by atoms with Crippen LogP contribution in [0.25, 0.3) is 0 Å². The van der Waals surface area contributed by atoms with Gasteiger partial charge in [0.1, 0.15) is 24.7 Å². The Kier molecular flexibility index (Phi) is 7.96. The number of ether oxygens (including phenoxy) is 3. The maximum absolute atomic E-state index is 12.5. The molecule has 0 saturated heterocycles. The molecule has 0 aliphatic rings. The van der Waals surface area contributed by atoms with E-state index in [9.17, 15) is 9.59 Å². The van der Waals surface area contributed by atoms with Gasteiger partial charge in [-0.25, -0.2) is 0 Å². The summed E-state index contributed by atoms with van der Waals surface area (Å²) in [4.78, 5) is 23.2. The van der Waals surface area contributed by atoms with Crippen molar-refractivity contribution in [3.8, 4) is 11.5 Å². The SMILES string of the molecule is CC(=O)OCCOc1ccc(C(=O)c2ccc(OCCCCl)cc2)cc1. The third kappa shape index (κ3) is 6.41. The molecule has 6 heteroatoms. The summed E-state index contributed by atoms with van der Waals surface area (Å²) in [6, 6.07) is 13.9. The predicted molar refractivity (Wildman–Crippen MR) is 99.3 cm³/mol. The summed E-state index contributed by atoms with van der Waals surface area (Å²) in [5.41, 5.74) is 1.14. The fourth-order valence-corrected chi connectivity index (χ4v) is 2.27. The molecule has 0 atom stereocenters. The molecular weight excluding hydrogens is 356 g/mol. The van der Waals surface area contributed by atoms with E-state index in [1.54, 1.807) is 48.5 Å². The van der Waals surface area contributed by atoms with Crippen molar-refractivity contribution in [3.05, 3.63) is 59.7 Å². The highest BCUT2D eigenvalue weighted by Gasteiger charge is 2.09. The summed E-state index contributed by atoms with van der Waals surface area (Å²) in [5.74, 6) is 1.45. The van der Waals surface area contributed by atoms with Gasteiger partial charge < -0.3 is 14.2 Å². The van der Waals surface area contributed by atoms with E-state index in [1.165, 1.54) is 6.92 Å². The van der Waals surface area contributed by atoms with E-state index in [1.807, 2.05) is 0 Å². The van der Waals surface area contributed by atoms with Gasteiger partial charge in [0.25, 0.3) is 0 Å². The fourth-order valence-electron chi connectivity index (χ4n) is 2.16. The number of esters is 1. The third-order valence-electron chi connectivity index (χ3n) is 3.44. The summed E-state index contributed by atoms with van der Waals surface area (Å²) in [6.45, 7) is 2.35. The molecule has 0 aliphatic heterocycles. The lowest BCUT2D eigenvalue weighted by molar-refractivity contribution is -0.141. The average molecular weight is 377 g/mol. The van der Waals surface area contributed by atoms with Gasteiger partial charge in [-0.05, 0) is 55.0 Å². The van der Waals surface area contributed by atoms with Crippen LogP contribution in [-0.2, 0) is 9.53 Å². The first-order valence-corrected chi connectivity index (χ1v) is 8.83. The maximum atomic E-state index is 12.5. The molecule has 2 aromatic carbocycles. The Morgan fingerprint density at radius 3 is 1.77 bits per heavy atom. The average Bonchev–Trinajstić information content (AvgIpc) is 2.66. The lowest BCUT2D eigenvalue weighted by Crippen LogP contribution is -2.09. The number of benzene rings is 2. The zero-order valence-corrected chi connectivity index (χ0v) is 15.3. The Morgan fingerprint density at radius 1 is 0.808 bits per heavy atom. The van der Waals surface area contributed by atoms with Crippen LogP contribution >= 0.6 is 11.6 Å². The van der Waals surface area contributed by atoms with E-state index in [2.05, 4.69) is 0 Å². The molecule has 0 spiro atoms. The Morgan fingerprint density at radius 2 is 1.31 bits per heavy atom. The molecular formula is C20H21ClO5. The Labute approximate surface area is 157 Å². The van der Waals surface area contributed by atoms with Crippen molar-refractivity contribution < 1.29 is 23.8 Å². The minimum Gasteiger partial charge on any atom is -0.494 e. The molecule has 26 heavy (non-hydrogen) atoms. The van der Waals surface area contributed by atoms with Gasteiger partial charge in [0.2, 0.25) is 0 Å². The minimum absolute atomic E-state index is 0.0798. The molecule has 0 aliphatic carbocycles. The first-order chi connectivity index (χ1) is 12.6. The lowest BCUT2D eigenvalue weighted by atomic mass is 10.0. The number of hydrogen-bond acceptors (Lipinski definition) is 5. The Hall–Kier alpha value is -2.53. The van der Waals surface area contributed by atoms with Crippen LogP contribution in [0.5, 0.6) is 11.5 Å². The summed E-state index contributed by atoms with van der Waals surface area (Å²) >= 11 is 5.61. The van der Waals surface area contributed by atoms with Crippen molar-refractivity contribution in [2.24, 2.45) is 0 Å². The minimum atomic E-state index is -0.343. The van der Waals surface area contributed by atoms with Crippen LogP contribution in [0.2, 0.25) is 0 Å². The maximum Gasteiger partial charge on any atom is 0.302 e. The zero-order chi connectivity index (χ0) is 18.8. The number of alkyl halides is 1. The zero-order valence-electron chi connectivity index (χ0n) is 14.6. The molecule has 0 aromatic heterocycles. The molecule has 138 valence electrons. The predicted octanol–water partition coefficient (Wildman–Crippen LogP) is 3.87. The highest BCUT2D eigenvalue weighted by molar-refractivity contribution is 6.17. The molecule has 5 nitrogen and oxygen atoms in total. The molecule has 2 aromatic rings. The second-order valence-corrected chi connectivity index (χ2v) is 5.84. The molecule has 0 fully saturated rings. The highest BCUT2D eigenvalue weighted by Crippen LogP contribution is 2.18. The topological polar surface area (TPSA) is 61.8 Å². The second-order valence-electron chi connectivity index (χ2n) is 5.46. The van der Waals surface area contributed by atoms with Crippen molar-refractivity contribution >= 4 is 23.4 Å². The molecule has 0 radical (unpaired) electrons. The monoisotopic (exact) mass is 376 g/mol. The Bertz CT molecular complexity index is 710. The van der Waals surface area contributed by atoms with Crippen LogP contribution in [0.4, 0.5) is 0 Å². The number of carbonyl (C=O) groups is 2. The molecule has 0 saturated carbocycles. The van der Waals surface area contributed by atoms with Crippen molar-refractivity contribution in [3.63, 3.8) is 0 Å². The van der Waals surface area contributed by atoms with Gasteiger partial charge in [-0.3, -0.25) is 9.59 Å². The van der Waals surface area contributed by atoms with Gasteiger partial charge in [-0.15, -0.1) is 11.6 Å². The molecule has 2 rings (SSSR count). The van der Waals surface area contributed by atoms with E-state index >= 15 is 0 Å². The number of ketones is 1. The van der Waals surface area contributed by atoms with Crippen LogP contribution in [0.1, 0.15) is 29.3 Å². The van der Waals surface area contributed by atoms with Crippen molar-refractivity contribution in [2.45, 2.75) is 13.3 Å². The quantitative estimate of drug-likeness (QED) is 0.272. The first kappa shape index (κ1) is 19.8. The standard InChI is InChI=1S/C20H21ClO5/c1-15(22)24-13-14-26-19-9-5-17(6-10-19)20(23)16-3-7-18(8-4-16)25-12-2-11-21/h3-10H,2,11-14H2,1H3. The molecule has 0 heterocycles. The molecule has 0 unspecified atom stereocenters. The van der Waals surface area contributed by atoms with E-state index in [4.69, 9.17) is 25.8 Å². The van der Waals surface area contributed by atoms with Crippen LogP contribution < -0.4 is 9.47 Å². The van der Waals surface area contributed by atoms with Gasteiger partial charge in [0, 0.05) is 23.9 Å². The summed E-state index contributed by atoms with van der Waals surface area (Å²) < 4.78 is 15.8. The third-order valence-corrected chi connectivity index (χ3v) is 3.70. The summed E-state index contributed by atoms with van der Waals surface area (Å²) in [5, 5.41) is 0. The van der Waals surface area contributed by atoms with Crippen LogP contribution in [0.3, 0.4) is 0 Å². The summed E-state index contributed by atoms with van der Waals surface area (Å²) in [6.07, 6.45) is 0.775. The van der Waals surface area contributed by atoms with Crippen molar-refractivity contribution in [1.29, 1.82) is 0 Å². The highest BCUT2D eigenvalue weighted by atomic mass is 35.5. The van der Waals surface area contributed by atoms with Gasteiger partial charge in [0.15, 0.2) is 5.78 Å². The normalized spacial score (nSPS) is 10.2. The van der Waals surface area contributed by atoms with Gasteiger partial charge in [-0.1, -0.05) is 0 Å². The molecule has 0 amide bonds. The van der Waals surface area contributed by atoms with Gasteiger partial charge in [0.05, 0.1) is 6.61 Å². The van der Waals surface area contributed by atoms with Crippen LogP contribution in [0, 0.1) is 0 Å². The number of rotatable bonds is 10. The summed E-state index contributed by atoms with van der Waals surface area (Å²) in [7, 11) is 0. The first-order valence-electron chi connectivity index (χ1n) is 8.30. The van der Waals surface area contributed by atoms with Gasteiger partial charge in [-0.2, -0.15) is 0 Å². The van der Waals surface area contributed by atoms with E-state index in [0.717, 1.165) is 6.42 Å². The van der Waals surface area contributed by atoms with E-state index < -0.39 is 0 Å². The lowest BCUT2D eigenvalue weighted by Gasteiger charge is -2.08. The Balaban J connectivity index is 1.89. The number of carbonyl (C=O) groups excluding carboxylic acids is 2. The van der Waals surface area contributed by atoms with E-state index in [-0.39, 0.29) is 25.0 Å².